The second kappa shape index (κ2) is 7.66. The number of fused-ring (bicyclic) bond motifs is 1. The van der Waals surface area contributed by atoms with Gasteiger partial charge in [0.15, 0.2) is 0 Å². The van der Waals surface area contributed by atoms with Crippen LogP contribution < -0.4 is 0 Å². The number of rotatable bonds is 5. The van der Waals surface area contributed by atoms with E-state index in [-0.39, 0.29) is 6.04 Å². The summed E-state index contributed by atoms with van der Waals surface area (Å²) in [6, 6.07) is 19.6. The number of benzene rings is 3. The highest BCUT2D eigenvalue weighted by atomic mass is 35.5. The van der Waals surface area contributed by atoms with Gasteiger partial charge in [-0.3, -0.25) is 4.90 Å². The van der Waals surface area contributed by atoms with E-state index in [1.165, 1.54) is 0 Å². The number of imidazole rings is 1. The van der Waals surface area contributed by atoms with Crippen LogP contribution in [0.3, 0.4) is 0 Å². The molecule has 0 fully saturated rings. The predicted octanol–water partition coefficient (Wildman–Crippen LogP) is 5.15. The molecule has 4 rings (SSSR count). The Morgan fingerprint density at radius 3 is 2.54 bits per heavy atom. The van der Waals surface area contributed by atoms with Gasteiger partial charge in [0.1, 0.15) is 11.6 Å². The van der Waals surface area contributed by atoms with Crippen LogP contribution in [0, 0.1) is 0 Å². The molecule has 1 N–H and O–H groups in total. The van der Waals surface area contributed by atoms with E-state index in [1.54, 1.807) is 6.07 Å². The molecule has 1 aromatic heterocycles. The van der Waals surface area contributed by atoms with Crippen LogP contribution in [-0.2, 0) is 13.6 Å². The molecule has 0 amide bonds. The fourth-order valence-electron chi connectivity index (χ4n) is 3.72. The molecule has 4 nitrogen and oxygen atoms in total. The molecule has 0 aliphatic rings. The van der Waals surface area contributed by atoms with Crippen LogP contribution in [0.4, 0.5) is 0 Å². The lowest BCUT2D eigenvalue weighted by molar-refractivity contribution is 0.255. The molecule has 4 aromatic rings. The molecule has 28 heavy (non-hydrogen) atoms. The van der Waals surface area contributed by atoms with Crippen molar-refractivity contribution in [3.63, 3.8) is 0 Å². The summed E-state index contributed by atoms with van der Waals surface area (Å²) in [5.74, 6) is 1.24. The largest absolute Gasteiger partial charge is 0.508 e. The standard InChI is InChI=1S/C23H22ClN3O/c1-26-14-13-25-23(26)22(17-7-10-18(24)11-8-17)27(2)15-20-19-6-4-3-5-16(19)9-12-21(20)28/h3-14,22,28H,15H2,1-2H3/t22-/m1/s1. The zero-order valence-electron chi connectivity index (χ0n) is 15.9. The number of hydrogen-bond acceptors (Lipinski definition) is 3. The molecule has 0 spiro atoms. The third-order valence-electron chi connectivity index (χ3n) is 5.15. The Bertz CT molecular complexity index is 1100. The van der Waals surface area contributed by atoms with E-state index in [0.717, 1.165) is 27.7 Å². The summed E-state index contributed by atoms with van der Waals surface area (Å²) < 4.78 is 2.03. The lowest BCUT2D eigenvalue weighted by Crippen LogP contribution is -2.27. The summed E-state index contributed by atoms with van der Waals surface area (Å²) in [4.78, 5) is 6.79. The van der Waals surface area contributed by atoms with E-state index in [2.05, 4.69) is 29.1 Å². The molecule has 1 heterocycles. The van der Waals surface area contributed by atoms with E-state index in [0.29, 0.717) is 17.3 Å². The van der Waals surface area contributed by atoms with Crippen LogP contribution >= 0.6 is 11.6 Å². The van der Waals surface area contributed by atoms with Crippen LogP contribution in [0.2, 0.25) is 5.02 Å². The van der Waals surface area contributed by atoms with Gasteiger partial charge in [-0.2, -0.15) is 0 Å². The molecule has 0 radical (unpaired) electrons. The number of aryl methyl sites for hydroxylation is 1. The van der Waals surface area contributed by atoms with Crippen LogP contribution in [-0.4, -0.2) is 26.6 Å². The molecular weight excluding hydrogens is 370 g/mol. The number of aromatic nitrogens is 2. The first-order chi connectivity index (χ1) is 13.5. The maximum Gasteiger partial charge on any atom is 0.130 e. The molecule has 0 saturated heterocycles. The van der Waals surface area contributed by atoms with E-state index in [1.807, 2.05) is 66.5 Å². The van der Waals surface area contributed by atoms with E-state index < -0.39 is 0 Å². The Morgan fingerprint density at radius 1 is 1.07 bits per heavy atom. The number of phenolic OH excluding ortho intramolecular Hbond substituents is 1. The van der Waals surface area contributed by atoms with Crippen molar-refractivity contribution in [2.45, 2.75) is 12.6 Å². The van der Waals surface area contributed by atoms with Crippen molar-refractivity contribution in [2.75, 3.05) is 7.05 Å². The zero-order chi connectivity index (χ0) is 19.7. The molecule has 0 saturated carbocycles. The number of hydrogen-bond donors (Lipinski definition) is 1. The second-order valence-corrected chi connectivity index (χ2v) is 7.49. The van der Waals surface area contributed by atoms with E-state index >= 15 is 0 Å². The van der Waals surface area contributed by atoms with E-state index in [4.69, 9.17) is 11.6 Å². The average molecular weight is 392 g/mol. The molecule has 3 aromatic carbocycles. The molecule has 0 aliphatic heterocycles. The SMILES string of the molecule is CN(Cc1c(O)ccc2ccccc12)[C@H](c1ccc(Cl)cc1)c1nccn1C. The van der Waals surface area contributed by atoms with Crippen LogP contribution in [0.5, 0.6) is 5.75 Å². The monoisotopic (exact) mass is 391 g/mol. The topological polar surface area (TPSA) is 41.3 Å². The molecule has 5 heteroatoms. The summed E-state index contributed by atoms with van der Waals surface area (Å²) in [6.45, 7) is 0.577. The van der Waals surface area contributed by atoms with Gasteiger partial charge in [-0.15, -0.1) is 0 Å². The molecule has 142 valence electrons. The fourth-order valence-corrected chi connectivity index (χ4v) is 3.84. The maximum atomic E-state index is 10.6. The van der Waals surface area contributed by atoms with Gasteiger partial charge in [-0.1, -0.05) is 54.1 Å². The smallest absolute Gasteiger partial charge is 0.130 e. The van der Waals surface area contributed by atoms with Crippen molar-refractivity contribution in [1.29, 1.82) is 0 Å². The number of halogens is 1. The minimum Gasteiger partial charge on any atom is -0.508 e. The van der Waals surface area contributed by atoms with Crippen LogP contribution in [0.1, 0.15) is 23.0 Å². The lowest BCUT2D eigenvalue weighted by Gasteiger charge is -2.29. The predicted molar refractivity (Wildman–Crippen MR) is 114 cm³/mol. The van der Waals surface area contributed by atoms with Crippen molar-refractivity contribution >= 4 is 22.4 Å². The summed E-state index contributed by atoms with van der Waals surface area (Å²) >= 11 is 6.10. The third kappa shape index (κ3) is 3.49. The fraction of sp³-hybridized carbons (Fsp3) is 0.174. The van der Waals surface area contributed by atoms with Crippen molar-refractivity contribution in [3.8, 4) is 5.75 Å². The van der Waals surface area contributed by atoms with Gasteiger partial charge < -0.3 is 9.67 Å². The van der Waals surface area contributed by atoms with Crippen LogP contribution in [0.15, 0.2) is 73.1 Å². The first-order valence-corrected chi connectivity index (χ1v) is 9.55. The Morgan fingerprint density at radius 2 is 1.82 bits per heavy atom. The van der Waals surface area contributed by atoms with E-state index in [9.17, 15) is 5.11 Å². The molecule has 0 aliphatic carbocycles. The van der Waals surface area contributed by atoms with Gasteiger partial charge >= 0.3 is 0 Å². The zero-order valence-corrected chi connectivity index (χ0v) is 16.6. The Balaban J connectivity index is 1.77. The number of nitrogens with zero attached hydrogens (tertiary/aromatic N) is 3. The normalized spacial score (nSPS) is 12.6. The first kappa shape index (κ1) is 18.5. The van der Waals surface area contributed by atoms with Crippen molar-refractivity contribution < 1.29 is 5.11 Å². The minimum atomic E-state index is -0.0735. The lowest BCUT2D eigenvalue weighted by atomic mass is 10.0. The Kier molecular flexibility index (Phi) is 5.07. The summed E-state index contributed by atoms with van der Waals surface area (Å²) in [5, 5.41) is 13.4. The molecule has 0 unspecified atom stereocenters. The highest BCUT2D eigenvalue weighted by molar-refractivity contribution is 6.30. The van der Waals surface area contributed by atoms with Gasteiger partial charge in [0, 0.05) is 36.6 Å². The van der Waals surface area contributed by atoms with Gasteiger partial charge in [-0.05, 0) is 41.6 Å². The molecule has 1 atom stereocenters. The van der Waals surface area contributed by atoms with Gasteiger partial charge in [0.25, 0.3) is 0 Å². The minimum absolute atomic E-state index is 0.0735. The van der Waals surface area contributed by atoms with Gasteiger partial charge in [-0.25, -0.2) is 4.98 Å². The van der Waals surface area contributed by atoms with Crippen molar-refractivity contribution in [2.24, 2.45) is 7.05 Å². The molecular formula is C23H22ClN3O. The summed E-state index contributed by atoms with van der Waals surface area (Å²) in [6.07, 6.45) is 3.75. The summed E-state index contributed by atoms with van der Waals surface area (Å²) in [7, 11) is 4.05. The summed E-state index contributed by atoms with van der Waals surface area (Å²) in [5.41, 5.74) is 2.01. The highest BCUT2D eigenvalue weighted by Crippen LogP contribution is 2.33. The quantitative estimate of drug-likeness (QED) is 0.511. The van der Waals surface area contributed by atoms with Gasteiger partial charge in [0.2, 0.25) is 0 Å². The van der Waals surface area contributed by atoms with Gasteiger partial charge in [0.05, 0.1) is 6.04 Å². The average Bonchev–Trinajstić information content (AvgIpc) is 3.11. The highest BCUT2D eigenvalue weighted by Gasteiger charge is 2.24. The van der Waals surface area contributed by atoms with Crippen molar-refractivity contribution in [3.05, 3.63) is 95.0 Å². The number of phenols is 1. The maximum absolute atomic E-state index is 10.6. The van der Waals surface area contributed by atoms with Crippen LogP contribution in [0.25, 0.3) is 10.8 Å². The third-order valence-corrected chi connectivity index (χ3v) is 5.40. The molecule has 0 bridgehead atoms. The number of aromatic hydroxyl groups is 1. The van der Waals surface area contributed by atoms with Crippen molar-refractivity contribution in [1.82, 2.24) is 14.5 Å². The Labute approximate surface area is 169 Å². The second-order valence-electron chi connectivity index (χ2n) is 7.05. The first-order valence-electron chi connectivity index (χ1n) is 9.17. The Hall–Kier alpha value is -2.82.